The number of benzene rings is 1. The molecule has 1 aromatic rings. The Balaban J connectivity index is 1.87. The highest BCUT2D eigenvalue weighted by atomic mass is 16.5. The summed E-state index contributed by atoms with van der Waals surface area (Å²) in [6.45, 7) is 3.12. The van der Waals surface area contributed by atoms with Gasteiger partial charge in [-0.15, -0.1) is 0 Å². The molecular formula is C17H23NO3. The molecule has 0 saturated carbocycles. The number of carboxylic acids is 1. The molecule has 4 heteroatoms. The van der Waals surface area contributed by atoms with Gasteiger partial charge in [-0.25, -0.2) is 0 Å². The third-order valence-electron chi connectivity index (χ3n) is 5.14. The average Bonchev–Trinajstić information content (AvgIpc) is 2.97. The van der Waals surface area contributed by atoms with Crippen LogP contribution in [0.2, 0.25) is 0 Å². The molecule has 1 saturated heterocycles. The molecule has 0 amide bonds. The topological polar surface area (TPSA) is 49.8 Å². The van der Waals surface area contributed by atoms with Crippen molar-refractivity contribution in [2.75, 3.05) is 20.3 Å². The molecule has 0 aromatic heterocycles. The van der Waals surface area contributed by atoms with Crippen LogP contribution in [0.15, 0.2) is 24.3 Å². The van der Waals surface area contributed by atoms with Crippen molar-refractivity contribution in [1.82, 2.24) is 4.90 Å². The molecule has 114 valence electrons. The van der Waals surface area contributed by atoms with Crippen LogP contribution in [0.25, 0.3) is 0 Å². The minimum atomic E-state index is -0.748. The number of likely N-dealkylation sites (N-methyl/N-ethyl adjacent to an activating group) is 1. The molecular weight excluding hydrogens is 266 g/mol. The summed E-state index contributed by atoms with van der Waals surface area (Å²) >= 11 is 0. The van der Waals surface area contributed by atoms with Gasteiger partial charge in [-0.2, -0.15) is 0 Å². The zero-order valence-corrected chi connectivity index (χ0v) is 12.7. The van der Waals surface area contributed by atoms with Crippen LogP contribution in [0.4, 0.5) is 0 Å². The molecule has 1 aliphatic carbocycles. The maximum absolute atomic E-state index is 11.4. The lowest BCUT2D eigenvalue weighted by Crippen LogP contribution is -2.43. The van der Waals surface area contributed by atoms with Crippen molar-refractivity contribution in [3.05, 3.63) is 35.4 Å². The molecule has 1 N–H and O–H groups in total. The number of fused-ring (bicyclic) bond motifs is 1. The summed E-state index contributed by atoms with van der Waals surface area (Å²) in [4.78, 5) is 13.6. The molecule has 0 radical (unpaired) electrons. The fraction of sp³-hybridized carbons (Fsp3) is 0.588. The fourth-order valence-corrected chi connectivity index (χ4v) is 3.82. The summed E-state index contributed by atoms with van der Waals surface area (Å²) < 4.78 is 5.43. The van der Waals surface area contributed by atoms with Crippen LogP contribution in [-0.2, 0) is 9.53 Å². The van der Waals surface area contributed by atoms with E-state index in [4.69, 9.17) is 4.74 Å². The summed E-state index contributed by atoms with van der Waals surface area (Å²) in [5.74, 6) is -0.579. The van der Waals surface area contributed by atoms with Gasteiger partial charge in [0.05, 0.1) is 19.1 Å². The van der Waals surface area contributed by atoms with Gasteiger partial charge in [-0.3, -0.25) is 9.69 Å². The summed E-state index contributed by atoms with van der Waals surface area (Å²) in [5, 5.41) is 9.36. The maximum Gasteiger partial charge on any atom is 0.310 e. The molecule has 1 heterocycles. The Hall–Kier alpha value is -1.39. The fourth-order valence-electron chi connectivity index (χ4n) is 3.82. The first kappa shape index (κ1) is 14.5. The van der Waals surface area contributed by atoms with Gasteiger partial charge in [-0.1, -0.05) is 31.2 Å². The number of nitrogens with zero attached hydrogens (tertiary/aromatic N) is 1. The van der Waals surface area contributed by atoms with Crippen molar-refractivity contribution in [1.29, 1.82) is 0 Å². The molecule has 21 heavy (non-hydrogen) atoms. The number of hydrogen-bond acceptors (Lipinski definition) is 3. The van der Waals surface area contributed by atoms with E-state index in [0.29, 0.717) is 25.2 Å². The standard InChI is InChI=1S/C17H23NO3/c1-11-7-8-15(13-6-4-3-5-12(11)13)18(2)16-10-21-9-14(16)17(19)20/h3-6,11,14-16H,7-10H2,1-2H3,(H,19,20). The minimum Gasteiger partial charge on any atom is -0.481 e. The Morgan fingerprint density at radius 1 is 1.24 bits per heavy atom. The Morgan fingerprint density at radius 2 is 1.95 bits per heavy atom. The van der Waals surface area contributed by atoms with E-state index in [9.17, 15) is 9.90 Å². The van der Waals surface area contributed by atoms with Gasteiger partial charge >= 0.3 is 5.97 Å². The van der Waals surface area contributed by atoms with Crippen LogP contribution in [0.5, 0.6) is 0 Å². The summed E-state index contributed by atoms with van der Waals surface area (Å²) in [5.41, 5.74) is 2.76. The molecule has 1 aromatic carbocycles. The van der Waals surface area contributed by atoms with Crippen molar-refractivity contribution in [2.45, 2.75) is 37.8 Å². The van der Waals surface area contributed by atoms with Crippen LogP contribution >= 0.6 is 0 Å². The van der Waals surface area contributed by atoms with Crippen molar-refractivity contribution in [3.8, 4) is 0 Å². The molecule has 4 atom stereocenters. The quantitative estimate of drug-likeness (QED) is 0.929. The molecule has 3 rings (SSSR count). The average molecular weight is 289 g/mol. The van der Waals surface area contributed by atoms with E-state index in [1.807, 2.05) is 7.05 Å². The molecule has 0 bridgehead atoms. The molecule has 1 aliphatic heterocycles. The van der Waals surface area contributed by atoms with Crippen molar-refractivity contribution in [3.63, 3.8) is 0 Å². The minimum absolute atomic E-state index is 0.0334. The largest absolute Gasteiger partial charge is 0.481 e. The molecule has 4 unspecified atom stereocenters. The first-order valence-electron chi connectivity index (χ1n) is 7.71. The van der Waals surface area contributed by atoms with Gasteiger partial charge in [0.1, 0.15) is 0 Å². The number of hydrogen-bond donors (Lipinski definition) is 1. The van der Waals surface area contributed by atoms with Crippen LogP contribution < -0.4 is 0 Å². The predicted molar refractivity (Wildman–Crippen MR) is 80.3 cm³/mol. The van der Waals surface area contributed by atoms with Crippen LogP contribution in [0.3, 0.4) is 0 Å². The molecule has 0 spiro atoms. The van der Waals surface area contributed by atoms with Gasteiger partial charge in [0.15, 0.2) is 0 Å². The van der Waals surface area contributed by atoms with Gasteiger partial charge in [0.25, 0.3) is 0 Å². The summed E-state index contributed by atoms with van der Waals surface area (Å²) in [6, 6.07) is 8.84. The van der Waals surface area contributed by atoms with E-state index in [2.05, 4.69) is 36.1 Å². The monoisotopic (exact) mass is 289 g/mol. The second-order valence-electron chi connectivity index (χ2n) is 6.34. The SMILES string of the molecule is CC1CCC(N(C)C2COCC2C(=O)O)c2ccccc21. The Bertz CT molecular complexity index is 531. The number of aliphatic carboxylic acids is 1. The van der Waals surface area contributed by atoms with Crippen LogP contribution in [-0.4, -0.2) is 42.3 Å². The summed E-state index contributed by atoms with van der Waals surface area (Å²) in [6.07, 6.45) is 2.23. The predicted octanol–water partition coefficient (Wildman–Crippen LogP) is 2.66. The zero-order valence-electron chi connectivity index (χ0n) is 12.7. The first-order chi connectivity index (χ1) is 10.1. The van der Waals surface area contributed by atoms with E-state index in [-0.39, 0.29) is 6.04 Å². The Labute approximate surface area is 125 Å². The lowest BCUT2D eigenvalue weighted by atomic mass is 9.80. The molecule has 1 fully saturated rings. The van der Waals surface area contributed by atoms with E-state index < -0.39 is 11.9 Å². The van der Waals surface area contributed by atoms with Gasteiger partial charge in [0, 0.05) is 12.1 Å². The Morgan fingerprint density at radius 3 is 2.67 bits per heavy atom. The van der Waals surface area contributed by atoms with E-state index >= 15 is 0 Å². The smallest absolute Gasteiger partial charge is 0.310 e. The lowest BCUT2D eigenvalue weighted by molar-refractivity contribution is -0.143. The number of ether oxygens (including phenoxy) is 1. The second kappa shape index (κ2) is 5.78. The van der Waals surface area contributed by atoms with Crippen molar-refractivity contribution in [2.24, 2.45) is 5.92 Å². The second-order valence-corrected chi connectivity index (χ2v) is 6.34. The molecule has 4 nitrogen and oxygen atoms in total. The third kappa shape index (κ3) is 2.58. The van der Waals surface area contributed by atoms with E-state index in [1.54, 1.807) is 0 Å². The maximum atomic E-state index is 11.4. The van der Waals surface area contributed by atoms with Crippen molar-refractivity contribution < 1.29 is 14.6 Å². The number of carbonyl (C=O) groups is 1. The third-order valence-corrected chi connectivity index (χ3v) is 5.14. The number of carboxylic acid groups (broad SMARTS) is 1. The highest BCUT2D eigenvalue weighted by molar-refractivity contribution is 5.71. The first-order valence-corrected chi connectivity index (χ1v) is 7.71. The highest BCUT2D eigenvalue weighted by Crippen LogP contribution is 2.41. The normalized spacial score (nSPS) is 32.1. The number of rotatable bonds is 3. The highest BCUT2D eigenvalue weighted by Gasteiger charge is 2.40. The van der Waals surface area contributed by atoms with Crippen LogP contribution in [0, 0.1) is 5.92 Å². The van der Waals surface area contributed by atoms with E-state index in [0.717, 1.165) is 12.8 Å². The van der Waals surface area contributed by atoms with Gasteiger partial charge in [-0.05, 0) is 36.9 Å². The van der Waals surface area contributed by atoms with Crippen LogP contribution in [0.1, 0.15) is 42.9 Å². The summed E-state index contributed by atoms with van der Waals surface area (Å²) in [7, 11) is 2.05. The van der Waals surface area contributed by atoms with Crippen molar-refractivity contribution >= 4 is 5.97 Å². The van der Waals surface area contributed by atoms with Gasteiger partial charge < -0.3 is 9.84 Å². The Kier molecular flexibility index (Phi) is 4.00. The van der Waals surface area contributed by atoms with E-state index in [1.165, 1.54) is 11.1 Å². The van der Waals surface area contributed by atoms with Gasteiger partial charge in [0.2, 0.25) is 0 Å². The zero-order chi connectivity index (χ0) is 15.0. The molecule has 2 aliphatic rings. The lowest BCUT2D eigenvalue weighted by Gasteiger charge is -2.39.